The van der Waals surface area contributed by atoms with Crippen LogP contribution in [0, 0.1) is 0 Å². The molecule has 2 N–H and O–H groups in total. The average Bonchev–Trinajstić information content (AvgIpc) is 2.92. The summed E-state index contributed by atoms with van der Waals surface area (Å²) in [7, 11) is 0. The highest BCUT2D eigenvalue weighted by Gasteiger charge is 2.12. The van der Waals surface area contributed by atoms with Crippen molar-refractivity contribution in [3.05, 3.63) is 136 Å². The Morgan fingerprint density at radius 3 is 2.30 bits per heavy atom. The maximum Gasteiger partial charge on any atom is 0.404 e. The van der Waals surface area contributed by atoms with Crippen LogP contribution in [0.15, 0.2) is 108 Å². The van der Waals surface area contributed by atoms with Crippen LogP contribution < -0.4 is 15.7 Å². The number of pyridine rings is 2. The average molecular weight is 492 g/mol. The van der Waals surface area contributed by atoms with E-state index in [9.17, 15) is 9.59 Å². The number of carboxylic acid groups (broad SMARTS) is 1. The Bertz CT molecular complexity index is 1610. The van der Waals surface area contributed by atoms with Crippen LogP contribution in [-0.4, -0.2) is 20.9 Å². The first-order valence-electron chi connectivity index (χ1n) is 11.9. The molecule has 0 bridgehead atoms. The van der Waals surface area contributed by atoms with Gasteiger partial charge in [-0.3, -0.25) is 4.79 Å². The van der Waals surface area contributed by atoms with E-state index < -0.39 is 6.09 Å². The molecule has 5 rings (SSSR count). The van der Waals surface area contributed by atoms with Gasteiger partial charge in [0.25, 0.3) is 5.56 Å². The van der Waals surface area contributed by atoms with Gasteiger partial charge in [0.15, 0.2) is 5.65 Å². The third-order valence-corrected chi connectivity index (χ3v) is 6.05. The predicted molar refractivity (Wildman–Crippen MR) is 142 cm³/mol. The summed E-state index contributed by atoms with van der Waals surface area (Å²) in [6.45, 7) is 0.499. The molecule has 3 aromatic carbocycles. The molecule has 0 saturated carbocycles. The SMILES string of the molecule is O=C(O)NCc1cccc(-c2cccc(Cc3cc(=O)n(OCc4ccccc4)c4ncccc34)c2)c1. The number of aromatic nitrogens is 2. The van der Waals surface area contributed by atoms with Gasteiger partial charge in [-0.15, -0.1) is 4.73 Å². The predicted octanol–water partition coefficient (Wildman–Crippen LogP) is 5.05. The Morgan fingerprint density at radius 2 is 1.54 bits per heavy atom. The second-order valence-electron chi connectivity index (χ2n) is 8.67. The summed E-state index contributed by atoms with van der Waals surface area (Å²) < 4.78 is 1.26. The fourth-order valence-corrected chi connectivity index (χ4v) is 4.30. The first-order chi connectivity index (χ1) is 18.1. The molecule has 7 heteroatoms. The second kappa shape index (κ2) is 10.8. The van der Waals surface area contributed by atoms with Crippen LogP contribution in [0.4, 0.5) is 4.79 Å². The minimum absolute atomic E-state index is 0.241. The van der Waals surface area contributed by atoms with Crippen LogP contribution in [0.25, 0.3) is 22.2 Å². The quantitative estimate of drug-likeness (QED) is 0.317. The number of rotatable bonds is 8. The molecule has 184 valence electrons. The lowest BCUT2D eigenvalue weighted by molar-refractivity contribution is 0.0979. The summed E-state index contributed by atoms with van der Waals surface area (Å²) in [5, 5.41) is 12.1. The van der Waals surface area contributed by atoms with Crippen molar-refractivity contribution in [2.24, 2.45) is 0 Å². The Hall–Kier alpha value is -4.91. The van der Waals surface area contributed by atoms with Crippen molar-refractivity contribution in [2.45, 2.75) is 19.6 Å². The highest BCUT2D eigenvalue weighted by Crippen LogP contribution is 2.24. The molecule has 0 aliphatic heterocycles. The molecule has 0 saturated heterocycles. The van der Waals surface area contributed by atoms with Crippen LogP contribution >= 0.6 is 0 Å². The largest absolute Gasteiger partial charge is 0.465 e. The van der Waals surface area contributed by atoms with Crippen LogP contribution in [0.1, 0.15) is 22.3 Å². The molecule has 0 unspecified atom stereocenters. The molecule has 0 aliphatic rings. The van der Waals surface area contributed by atoms with Crippen LogP contribution in [0.5, 0.6) is 0 Å². The molecule has 1 amide bonds. The number of carbonyl (C=O) groups is 1. The zero-order chi connectivity index (χ0) is 25.6. The number of hydrogen-bond acceptors (Lipinski definition) is 4. The summed E-state index contributed by atoms with van der Waals surface area (Å²) >= 11 is 0. The summed E-state index contributed by atoms with van der Waals surface area (Å²) in [6.07, 6.45) is 1.15. The van der Waals surface area contributed by atoms with E-state index in [1.165, 1.54) is 4.73 Å². The number of fused-ring (bicyclic) bond motifs is 1. The zero-order valence-electron chi connectivity index (χ0n) is 20.0. The van der Waals surface area contributed by atoms with Crippen molar-refractivity contribution < 1.29 is 14.7 Å². The van der Waals surface area contributed by atoms with Gasteiger partial charge in [0.05, 0.1) is 0 Å². The van der Waals surface area contributed by atoms with E-state index in [0.29, 0.717) is 12.1 Å². The lowest BCUT2D eigenvalue weighted by Crippen LogP contribution is -2.28. The lowest BCUT2D eigenvalue weighted by Gasteiger charge is -2.14. The molecule has 0 atom stereocenters. The minimum Gasteiger partial charge on any atom is -0.465 e. The highest BCUT2D eigenvalue weighted by atomic mass is 16.7. The Balaban J connectivity index is 1.43. The Labute approximate surface area is 213 Å². The van der Waals surface area contributed by atoms with E-state index in [2.05, 4.69) is 16.4 Å². The van der Waals surface area contributed by atoms with Crippen molar-refractivity contribution in [1.29, 1.82) is 0 Å². The monoisotopic (exact) mass is 491 g/mol. The molecule has 0 aliphatic carbocycles. The van der Waals surface area contributed by atoms with E-state index in [-0.39, 0.29) is 18.7 Å². The molecule has 0 spiro atoms. The van der Waals surface area contributed by atoms with Gasteiger partial charge in [-0.1, -0.05) is 72.8 Å². The minimum atomic E-state index is -1.05. The first-order valence-corrected chi connectivity index (χ1v) is 11.9. The normalized spacial score (nSPS) is 10.8. The van der Waals surface area contributed by atoms with Crippen molar-refractivity contribution in [2.75, 3.05) is 0 Å². The van der Waals surface area contributed by atoms with Crippen LogP contribution in [-0.2, 0) is 19.6 Å². The molecule has 2 aromatic heterocycles. The summed E-state index contributed by atoms with van der Waals surface area (Å²) in [5.74, 6) is 0. The molecular formula is C30H25N3O4. The highest BCUT2D eigenvalue weighted by molar-refractivity contribution is 5.79. The molecule has 37 heavy (non-hydrogen) atoms. The molecule has 7 nitrogen and oxygen atoms in total. The molecule has 0 radical (unpaired) electrons. The third kappa shape index (κ3) is 5.67. The molecule has 2 heterocycles. The number of benzene rings is 3. The van der Waals surface area contributed by atoms with Crippen molar-refractivity contribution in [1.82, 2.24) is 15.0 Å². The Morgan fingerprint density at radius 1 is 0.838 bits per heavy atom. The maximum absolute atomic E-state index is 13.1. The smallest absolute Gasteiger partial charge is 0.404 e. The summed E-state index contributed by atoms with van der Waals surface area (Å²) in [5.41, 5.74) is 5.95. The van der Waals surface area contributed by atoms with Gasteiger partial charge in [-0.25, -0.2) is 9.78 Å². The second-order valence-corrected chi connectivity index (χ2v) is 8.67. The van der Waals surface area contributed by atoms with Gasteiger partial charge >= 0.3 is 6.09 Å². The molecule has 5 aromatic rings. The van der Waals surface area contributed by atoms with E-state index in [1.807, 2.05) is 84.9 Å². The topological polar surface area (TPSA) is 93.5 Å². The fraction of sp³-hybridized carbons (Fsp3) is 0.100. The van der Waals surface area contributed by atoms with Crippen molar-refractivity contribution in [3.8, 4) is 11.1 Å². The number of amides is 1. The molecular weight excluding hydrogens is 466 g/mol. The van der Waals surface area contributed by atoms with Gasteiger partial charge in [-0.2, -0.15) is 0 Å². The van der Waals surface area contributed by atoms with Gasteiger partial charge in [-0.05, 0) is 58.0 Å². The van der Waals surface area contributed by atoms with Gasteiger partial charge in [0.2, 0.25) is 0 Å². The van der Waals surface area contributed by atoms with E-state index in [4.69, 9.17) is 9.94 Å². The number of nitrogens with one attached hydrogen (secondary N) is 1. The van der Waals surface area contributed by atoms with Gasteiger partial charge < -0.3 is 15.3 Å². The Kier molecular flexibility index (Phi) is 6.94. The van der Waals surface area contributed by atoms with Gasteiger partial charge in [0.1, 0.15) is 6.61 Å². The number of nitrogens with zero attached hydrogens (tertiary/aromatic N) is 2. The summed E-state index contributed by atoms with van der Waals surface area (Å²) in [6, 6.07) is 31.0. The lowest BCUT2D eigenvalue weighted by atomic mass is 9.97. The first kappa shape index (κ1) is 23.8. The molecule has 0 fully saturated rings. The van der Waals surface area contributed by atoms with E-state index in [0.717, 1.165) is 38.8 Å². The van der Waals surface area contributed by atoms with Crippen LogP contribution in [0.3, 0.4) is 0 Å². The van der Waals surface area contributed by atoms with Crippen LogP contribution in [0.2, 0.25) is 0 Å². The zero-order valence-corrected chi connectivity index (χ0v) is 20.0. The van der Waals surface area contributed by atoms with Gasteiger partial charge in [0, 0.05) is 24.2 Å². The van der Waals surface area contributed by atoms with E-state index >= 15 is 0 Å². The summed E-state index contributed by atoms with van der Waals surface area (Å²) in [4.78, 5) is 34.2. The third-order valence-electron chi connectivity index (χ3n) is 6.05. The van der Waals surface area contributed by atoms with Crippen molar-refractivity contribution >= 4 is 17.1 Å². The fourth-order valence-electron chi connectivity index (χ4n) is 4.30. The maximum atomic E-state index is 13.1. The van der Waals surface area contributed by atoms with Crippen molar-refractivity contribution in [3.63, 3.8) is 0 Å². The number of hydrogen-bond donors (Lipinski definition) is 2. The van der Waals surface area contributed by atoms with E-state index in [1.54, 1.807) is 12.3 Å². The standard InChI is InChI=1S/C30H25N3O4/c34-28-18-26(27-13-6-14-31-29(27)33(28)37-20-21-7-2-1-3-8-21)16-22-9-4-11-24(15-22)25-12-5-10-23(17-25)19-32-30(35)36/h1-15,17-18,32H,16,19-20H2,(H,35,36).